The van der Waals surface area contributed by atoms with Gasteiger partial charge in [-0.05, 0) is 24.3 Å². The van der Waals surface area contributed by atoms with Gasteiger partial charge in [-0.1, -0.05) is 18.2 Å². The van der Waals surface area contributed by atoms with Gasteiger partial charge in [-0.3, -0.25) is 9.78 Å². The third-order valence-electron chi connectivity index (χ3n) is 2.99. The van der Waals surface area contributed by atoms with Crippen LogP contribution in [0.4, 0.5) is 0 Å². The lowest BCUT2D eigenvalue weighted by molar-refractivity contribution is 0.0952. The predicted molar refractivity (Wildman–Crippen MR) is 73.7 cm³/mol. The minimum Gasteiger partial charge on any atom is -0.361 e. The summed E-state index contributed by atoms with van der Waals surface area (Å²) in [6.45, 7) is 0.427. The first-order valence-corrected chi connectivity index (χ1v) is 6.09. The summed E-state index contributed by atoms with van der Waals surface area (Å²) in [6.07, 6.45) is 3.55. The highest BCUT2D eigenvalue weighted by Gasteiger charge is 2.10. The van der Waals surface area contributed by atoms with Crippen molar-refractivity contribution in [1.82, 2.24) is 15.3 Å². The lowest BCUT2D eigenvalue weighted by Crippen LogP contribution is -2.23. The number of hydrogen-bond donors (Lipinski definition) is 2. The average molecular weight is 251 g/mol. The van der Waals surface area contributed by atoms with Crippen LogP contribution in [0.1, 0.15) is 16.1 Å². The van der Waals surface area contributed by atoms with Gasteiger partial charge in [0.15, 0.2) is 0 Å². The van der Waals surface area contributed by atoms with E-state index in [4.69, 9.17) is 0 Å². The fraction of sp³-hybridized carbons (Fsp3) is 0.0667. The van der Waals surface area contributed by atoms with Crippen LogP contribution in [0.2, 0.25) is 0 Å². The molecule has 0 unspecified atom stereocenters. The quantitative estimate of drug-likeness (QED) is 0.751. The summed E-state index contributed by atoms with van der Waals surface area (Å²) in [6, 6.07) is 13.3. The first-order chi connectivity index (χ1) is 9.34. The van der Waals surface area contributed by atoms with Crippen molar-refractivity contribution in [1.29, 1.82) is 0 Å². The minimum atomic E-state index is -0.0984. The summed E-state index contributed by atoms with van der Waals surface area (Å²) in [4.78, 5) is 19.4. The van der Waals surface area contributed by atoms with E-state index in [1.807, 2.05) is 48.7 Å². The van der Waals surface area contributed by atoms with Gasteiger partial charge < -0.3 is 10.3 Å². The molecule has 0 saturated carbocycles. The molecular formula is C15H13N3O. The van der Waals surface area contributed by atoms with Gasteiger partial charge in [0.1, 0.15) is 0 Å². The van der Waals surface area contributed by atoms with Gasteiger partial charge in [-0.25, -0.2) is 0 Å². The van der Waals surface area contributed by atoms with E-state index in [0.717, 1.165) is 16.6 Å². The van der Waals surface area contributed by atoms with Crippen LogP contribution < -0.4 is 5.32 Å². The molecule has 4 heteroatoms. The molecule has 3 rings (SSSR count). The highest BCUT2D eigenvalue weighted by atomic mass is 16.1. The van der Waals surface area contributed by atoms with E-state index in [1.165, 1.54) is 0 Å². The monoisotopic (exact) mass is 251 g/mol. The number of carbonyl (C=O) groups is 1. The van der Waals surface area contributed by atoms with Crippen LogP contribution in [0.25, 0.3) is 10.9 Å². The van der Waals surface area contributed by atoms with Gasteiger partial charge in [0.2, 0.25) is 0 Å². The second-order valence-electron chi connectivity index (χ2n) is 4.25. The zero-order valence-corrected chi connectivity index (χ0v) is 10.3. The number of pyridine rings is 1. The van der Waals surface area contributed by atoms with E-state index in [0.29, 0.717) is 12.1 Å². The summed E-state index contributed by atoms with van der Waals surface area (Å²) >= 11 is 0. The topological polar surface area (TPSA) is 57.8 Å². The van der Waals surface area contributed by atoms with Gasteiger partial charge in [0, 0.05) is 17.8 Å². The lowest BCUT2D eigenvalue weighted by Gasteiger charge is -2.05. The van der Waals surface area contributed by atoms with Crippen molar-refractivity contribution in [2.24, 2.45) is 0 Å². The Bertz CT molecular complexity index is 703. The molecule has 2 aromatic heterocycles. The second kappa shape index (κ2) is 4.94. The molecule has 0 spiro atoms. The molecule has 0 aliphatic carbocycles. The molecule has 0 bridgehead atoms. The van der Waals surface area contributed by atoms with Crippen molar-refractivity contribution >= 4 is 16.8 Å². The van der Waals surface area contributed by atoms with Crippen molar-refractivity contribution in [2.75, 3.05) is 0 Å². The molecule has 2 N–H and O–H groups in total. The Balaban J connectivity index is 1.79. The number of aromatic amines is 1. The first kappa shape index (κ1) is 11.5. The summed E-state index contributed by atoms with van der Waals surface area (Å²) in [5, 5.41) is 3.91. The maximum atomic E-state index is 12.2. The fourth-order valence-corrected chi connectivity index (χ4v) is 2.04. The highest BCUT2D eigenvalue weighted by molar-refractivity contribution is 6.05. The molecule has 1 aromatic carbocycles. The number of rotatable bonds is 3. The highest BCUT2D eigenvalue weighted by Crippen LogP contribution is 2.16. The number of aromatic nitrogens is 2. The third-order valence-corrected chi connectivity index (χ3v) is 2.99. The zero-order chi connectivity index (χ0) is 13.1. The number of para-hydroxylation sites is 1. The largest absolute Gasteiger partial charge is 0.361 e. The average Bonchev–Trinajstić information content (AvgIpc) is 2.94. The van der Waals surface area contributed by atoms with Crippen molar-refractivity contribution < 1.29 is 4.79 Å². The standard InChI is InChI=1S/C15H13N3O/c19-15(18-10-12-5-1-2-8-16-12)13-6-3-4-11-7-9-17-14(11)13/h1-9,17H,10H2,(H,18,19). The molecule has 0 aliphatic heterocycles. The molecule has 0 aliphatic rings. The Hall–Kier alpha value is -2.62. The SMILES string of the molecule is O=C(NCc1ccccn1)c1cccc2cc[nH]c12. The van der Waals surface area contributed by atoms with Crippen LogP contribution in [-0.4, -0.2) is 15.9 Å². The number of fused-ring (bicyclic) bond motifs is 1. The Labute approximate surface area is 110 Å². The molecule has 19 heavy (non-hydrogen) atoms. The van der Waals surface area contributed by atoms with E-state index < -0.39 is 0 Å². The van der Waals surface area contributed by atoms with Gasteiger partial charge in [0.05, 0.1) is 23.3 Å². The van der Waals surface area contributed by atoms with Crippen molar-refractivity contribution in [3.63, 3.8) is 0 Å². The van der Waals surface area contributed by atoms with Crippen LogP contribution in [-0.2, 0) is 6.54 Å². The Kier molecular flexibility index (Phi) is 2.98. The van der Waals surface area contributed by atoms with E-state index in [1.54, 1.807) is 6.20 Å². The molecule has 0 fully saturated rings. The van der Waals surface area contributed by atoms with E-state index in [-0.39, 0.29) is 5.91 Å². The molecular weight excluding hydrogens is 238 g/mol. The molecule has 0 atom stereocenters. The van der Waals surface area contributed by atoms with Crippen LogP contribution in [0.3, 0.4) is 0 Å². The molecule has 0 saturated heterocycles. The van der Waals surface area contributed by atoms with Gasteiger partial charge >= 0.3 is 0 Å². The number of amides is 1. The number of benzene rings is 1. The maximum Gasteiger partial charge on any atom is 0.253 e. The van der Waals surface area contributed by atoms with Crippen molar-refractivity contribution in [2.45, 2.75) is 6.54 Å². The van der Waals surface area contributed by atoms with E-state index in [2.05, 4.69) is 15.3 Å². The molecule has 4 nitrogen and oxygen atoms in total. The van der Waals surface area contributed by atoms with Crippen molar-refractivity contribution in [3.05, 3.63) is 66.1 Å². The number of carbonyl (C=O) groups excluding carboxylic acids is 1. The fourth-order valence-electron chi connectivity index (χ4n) is 2.04. The molecule has 3 aromatic rings. The normalized spacial score (nSPS) is 10.5. The van der Waals surface area contributed by atoms with Gasteiger partial charge in [0.25, 0.3) is 5.91 Å². The smallest absolute Gasteiger partial charge is 0.253 e. The van der Waals surface area contributed by atoms with E-state index >= 15 is 0 Å². The van der Waals surface area contributed by atoms with Crippen LogP contribution >= 0.6 is 0 Å². The Morgan fingerprint density at radius 2 is 2.11 bits per heavy atom. The van der Waals surface area contributed by atoms with Gasteiger partial charge in [-0.15, -0.1) is 0 Å². The predicted octanol–water partition coefficient (Wildman–Crippen LogP) is 2.49. The van der Waals surface area contributed by atoms with Crippen molar-refractivity contribution in [3.8, 4) is 0 Å². The molecule has 94 valence electrons. The number of nitrogens with one attached hydrogen (secondary N) is 2. The summed E-state index contributed by atoms with van der Waals surface area (Å²) in [5.74, 6) is -0.0984. The van der Waals surface area contributed by atoms with Crippen LogP contribution in [0.15, 0.2) is 54.9 Å². The summed E-state index contributed by atoms with van der Waals surface area (Å²) in [7, 11) is 0. The molecule has 2 heterocycles. The van der Waals surface area contributed by atoms with E-state index in [9.17, 15) is 4.79 Å². The maximum absolute atomic E-state index is 12.2. The van der Waals surface area contributed by atoms with Crippen LogP contribution in [0, 0.1) is 0 Å². The number of nitrogens with zero attached hydrogens (tertiary/aromatic N) is 1. The molecule has 1 amide bonds. The number of hydrogen-bond acceptors (Lipinski definition) is 2. The zero-order valence-electron chi connectivity index (χ0n) is 10.3. The molecule has 0 radical (unpaired) electrons. The Morgan fingerprint density at radius 1 is 1.16 bits per heavy atom. The third kappa shape index (κ3) is 2.33. The lowest BCUT2D eigenvalue weighted by atomic mass is 10.1. The summed E-state index contributed by atoms with van der Waals surface area (Å²) < 4.78 is 0. The minimum absolute atomic E-state index is 0.0984. The first-order valence-electron chi connectivity index (χ1n) is 6.09. The van der Waals surface area contributed by atoms with Crippen LogP contribution in [0.5, 0.6) is 0 Å². The van der Waals surface area contributed by atoms with Gasteiger partial charge in [-0.2, -0.15) is 0 Å². The number of H-pyrrole nitrogens is 1. The second-order valence-corrected chi connectivity index (χ2v) is 4.25. The summed E-state index contributed by atoms with van der Waals surface area (Å²) in [5.41, 5.74) is 2.36. The Morgan fingerprint density at radius 3 is 2.95 bits per heavy atom.